The van der Waals surface area contributed by atoms with E-state index in [2.05, 4.69) is 0 Å². The standard InChI is InChI=1S/C6H13NO3/c1-3-5(8)2-4(7)6(9)10-3/h3-6,8-9H,2,7H2,1H3. The van der Waals surface area contributed by atoms with Gasteiger partial charge in [-0.15, -0.1) is 0 Å². The lowest BCUT2D eigenvalue weighted by Gasteiger charge is -2.33. The average Bonchev–Trinajstić information content (AvgIpc) is 1.84. The molecular formula is C6H13NO3. The van der Waals surface area contributed by atoms with Crippen LogP contribution in [0.15, 0.2) is 0 Å². The summed E-state index contributed by atoms with van der Waals surface area (Å²) in [6.07, 6.45) is -1.37. The molecule has 4 nitrogen and oxygen atoms in total. The Morgan fingerprint density at radius 2 is 2.10 bits per heavy atom. The Labute approximate surface area is 59.6 Å². The van der Waals surface area contributed by atoms with Crippen LogP contribution in [-0.4, -0.2) is 34.8 Å². The van der Waals surface area contributed by atoms with Crippen LogP contribution in [0.25, 0.3) is 0 Å². The predicted molar refractivity (Wildman–Crippen MR) is 35.2 cm³/mol. The van der Waals surface area contributed by atoms with Crippen LogP contribution < -0.4 is 5.73 Å². The van der Waals surface area contributed by atoms with Crippen molar-refractivity contribution in [1.82, 2.24) is 0 Å². The molecule has 0 aromatic carbocycles. The van der Waals surface area contributed by atoms with E-state index < -0.39 is 18.4 Å². The summed E-state index contributed by atoms with van der Waals surface area (Å²) < 4.78 is 4.89. The first kappa shape index (κ1) is 7.94. The summed E-state index contributed by atoms with van der Waals surface area (Å²) in [4.78, 5) is 0. The second-order valence-electron chi connectivity index (χ2n) is 2.70. The molecule has 0 aliphatic carbocycles. The Morgan fingerprint density at radius 3 is 2.60 bits per heavy atom. The summed E-state index contributed by atoms with van der Waals surface area (Å²) in [5, 5.41) is 18.2. The van der Waals surface area contributed by atoms with E-state index in [1.165, 1.54) is 0 Å². The Kier molecular flexibility index (Phi) is 2.25. The Balaban J connectivity index is 2.46. The highest BCUT2D eigenvalue weighted by Crippen LogP contribution is 2.16. The van der Waals surface area contributed by atoms with E-state index in [0.29, 0.717) is 6.42 Å². The van der Waals surface area contributed by atoms with Crippen molar-refractivity contribution >= 4 is 0 Å². The number of hydrogen-bond acceptors (Lipinski definition) is 4. The maximum absolute atomic E-state index is 9.15. The zero-order valence-electron chi connectivity index (χ0n) is 5.90. The number of rotatable bonds is 0. The zero-order chi connectivity index (χ0) is 7.72. The molecule has 4 unspecified atom stereocenters. The molecule has 1 aliphatic rings. The summed E-state index contributed by atoms with van der Waals surface area (Å²) in [6.45, 7) is 1.71. The van der Waals surface area contributed by atoms with E-state index in [4.69, 9.17) is 20.7 Å². The van der Waals surface area contributed by atoms with Crippen molar-refractivity contribution in [2.24, 2.45) is 5.73 Å². The number of aliphatic hydroxyl groups is 2. The molecule has 10 heavy (non-hydrogen) atoms. The molecule has 0 aromatic heterocycles. The molecule has 60 valence electrons. The Morgan fingerprint density at radius 1 is 1.50 bits per heavy atom. The van der Waals surface area contributed by atoms with E-state index in [0.717, 1.165) is 0 Å². The van der Waals surface area contributed by atoms with Crippen LogP contribution in [0.4, 0.5) is 0 Å². The molecule has 0 amide bonds. The SMILES string of the molecule is CC1OC(O)C(N)CC1O. The van der Waals surface area contributed by atoms with Crippen LogP contribution >= 0.6 is 0 Å². The van der Waals surface area contributed by atoms with Gasteiger partial charge < -0.3 is 20.7 Å². The van der Waals surface area contributed by atoms with Gasteiger partial charge in [-0.25, -0.2) is 0 Å². The Bertz CT molecular complexity index is 93.6. The summed E-state index contributed by atoms with van der Waals surface area (Å²) in [6, 6.07) is -0.453. The molecule has 4 atom stereocenters. The van der Waals surface area contributed by atoms with Crippen LogP contribution in [0.3, 0.4) is 0 Å². The number of nitrogens with two attached hydrogens (primary N) is 1. The summed E-state index contributed by atoms with van der Waals surface area (Å²) in [7, 11) is 0. The first-order chi connectivity index (χ1) is 4.61. The lowest BCUT2D eigenvalue weighted by atomic mass is 10.0. The first-order valence-corrected chi connectivity index (χ1v) is 3.38. The third kappa shape index (κ3) is 1.46. The summed E-state index contributed by atoms with van der Waals surface area (Å²) >= 11 is 0. The van der Waals surface area contributed by atoms with Gasteiger partial charge in [-0.05, 0) is 13.3 Å². The third-order valence-electron chi connectivity index (χ3n) is 1.78. The molecule has 0 saturated carbocycles. The van der Waals surface area contributed by atoms with Crippen LogP contribution in [-0.2, 0) is 4.74 Å². The van der Waals surface area contributed by atoms with Crippen molar-refractivity contribution in [3.8, 4) is 0 Å². The summed E-state index contributed by atoms with van der Waals surface area (Å²) in [5.74, 6) is 0. The number of ether oxygens (including phenoxy) is 1. The fraction of sp³-hybridized carbons (Fsp3) is 1.00. The topological polar surface area (TPSA) is 75.7 Å². The van der Waals surface area contributed by atoms with E-state index in [1.54, 1.807) is 6.92 Å². The van der Waals surface area contributed by atoms with Crippen molar-refractivity contribution in [3.63, 3.8) is 0 Å². The minimum atomic E-state index is -0.918. The van der Waals surface area contributed by atoms with E-state index in [-0.39, 0.29) is 6.10 Å². The minimum Gasteiger partial charge on any atom is -0.390 e. The van der Waals surface area contributed by atoms with Gasteiger partial charge in [-0.1, -0.05) is 0 Å². The molecule has 1 rings (SSSR count). The van der Waals surface area contributed by atoms with Gasteiger partial charge in [-0.3, -0.25) is 0 Å². The normalized spacial score (nSPS) is 49.2. The van der Waals surface area contributed by atoms with E-state index >= 15 is 0 Å². The second kappa shape index (κ2) is 2.84. The fourth-order valence-corrected chi connectivity index (χ4v) is 0.998. The maximum Gasteiger partial charge on any atom is 0.170 e. The van der Waals surface area contributed by atoms with Gasteiger partial charge >= 0.3 is 0 Å². The van der Waals surface area contributed by atoms with E-state index in [1.807, 2.05) is 0 Å². The molecule has 0 aromatic rings. The minimum absolute atomic E-state index is 0.310. The largest absolute Gasteiger partial charge is 0.390 e. The smallest absolute Gasteiger partial charge is 0.170 e. The van der Waals surface area contributed by atoms with Gasteiger partial charge in [0.2, 0.25) is 0 Å². The molecule has 1 saturated heterocycles. The van der Waals surface area contributed by atoms with Crippen molar-refractivity contribution in [2.75, 3.05) is 0 Å². The number of hydrogen-bond donors (Lipinski definition) is 3. The van der Waals surface area contributed by atoms with Gasteiger partial charge in [0.1, 0.15) is 0 Å². The molecule has 0 radical (unpaired) electrons. The van der Waals surface area contributed by atoms with Gasteiger partial charge in [0.05, 0.1) is 18.2 Å². The predicted octanol–water partition coefficient (Wildman–Crippen LogP) is -1.20. The van der Waals surface area contributed by atoms with Gasteiger partial charge in [0.15, 0.2) is 6.29 Å². The monoisotopic (exact) mass is 147 g/mol. The quantitative estimate of drug-likeness (QED) is 0.402. The lowest BCUT2D eigenvalue weighted by molar-refractivity contribution is -0.201. The zero-order valence-corrected chi connectivity index (χ0v) is 5.90. The third-order valence-corrected chi connectivity index (χ3v) is 1.78. The first-order valence-electron chi connectivity index (χ1n) is 3.38. The van der Waals surface area contributed by atoms with Crippen LogP contribution in [0.1, 0.15) is 13.3 Å². The molecular weight excluding hydrogens is 134 g/mol. The molecule has 1 aliphatic heterocycles. The van der Waals surface area contributed by atoms with E-state index in [9.17, 15) is 0 Å². The molecule has 0 bridgehead atoms. The number of aliphatic hydroxyl groups excluding tert-OH is 2. The van der Waals surface area contributed by atoms with Crippen molar-refractivity contribution in [2.45, 2.75) is 37.9 Å². The van der Waals surface area contributed by atoms with Gasteiger partial charge in [0, 0.05) is 0 Å². The van der Waals surface area contributed by atoms with Crippen molar-refractivity contribution in [1.29, 1.82) is 0 Å². The summed E-state index contributed by atoms with van der Waals surface area (Å²) in [5.41, 5.74) is 5.40. The van der Waals surface area contributed by atoms with Crippen LogP contribution in [0, 0.1) is 0 Å². The molecule has 4 N–H and O–H groups in total. The van der Waals surface area contributed by atoms with Gasteiger partial charge in [-0.2, -0.15) is 0 Å². The highest BCUT2D eigenvalue weighted by Gasteiger charge is 2.31. The van der Waals surface area contributed by atoms with Crippen LogP contribution in [0.2, 0.25) is 0 Å². The Hall–Kier alpha value is -0.160. The van der Waals surface area contributed by atoms with Crippen molar-refractivity contribution in [3.05, 3.63) is 0 Å². The fourth-order valence-electron chi connectivity index (χ4n) is 0.998. The second-order valence-corrected chi connectivity index (χ2v) is 2.70. The maximum atomic E-state index is 9.15. The lowest BCUT2D eigenvalue weighted by Crippen LogP contribution is -2.49. The average molecular weight is 147 g/mol. The highest BCUT2D eigenvalue weighted by molar-refractivity contribution is 4.79. The molecule has 1 heterocycles. The molecule has 1 fully saturated rings. The molecule has 4 heteroatoms. The highest BCUT2D eigenvalue weighted by atomic mass is 16.6. The molecule has 0 spiro atoms. The van der Waals surface area contributed by atoms with Crippen molar-refractivity contribution < 1.29 is 14.9 Å². The van der Waals surface area contributed by atoms with Gasteiger partial charge in [0.25, 0.3) is 0 Å². The van der Waals surface area contributed by atoms with Crippen LogP contribution in [0.5, 0.6) is 0 Å².